The van der Waals surface area contributed by atoms with Gasteiger partial charge in [0.25, 0.3) is 5.91 Å². The molecule has 5 nitrogen and oxygen atoms in total. The average Bonchev–Trinajstić information content (AvgIpc) is 2.99. The van der Waals surface area contributed by atoms with E-state index in [2.05, 4.69) is 38.3 Å². The van der Waals surface area contributed by atoms with E-state index < -0.39 is 5.91 Å². The fourth-order valence-corrected chi connectivity index (χ4v) is 6.16. The van der Waals surface area contributed by atoms with Gasteiger partial charge in [-0.05, 0) is 49.6 Å². The van der Waals surface area contributed by atoms with Gasteiger partial charge in [-0.1, -0.05) is 42.5 Å². The molecule has 1 aromatic heterocycles. The lowest BCUT2D eigenvalue weighted by Gasteiger charge is -2.38. The van der Waals surface area contributed by atoms with E-state index in [-0.39, 0.29) is 23.4 Å². The second-order valence-corrected chi connectivity index (χ2v) is 10.4. The van der Waals surface area contributed by atoms with Crippen molar-refractivity contribution >= 4 is 38.9 Å². The molecule has 4 rings (SSSR count). The molecule has 2 heterocycles. The van der Waals surface area contributed by atoms with Crippen molar-refractivity contribution in [2.45, 2.75) is 51.6 Å². The number of amides is 2. The molecule has 0 fully saturated rings. The molecule has 2 aromatic carbocycles. The molecule has 1 aliphatic rings. The summed E-state index contributed by atoms with van der Waals surface area (Å²) in [5, 5.41) is 8.05. The summed E-state index contributed by atoms with van der Waals surface area (Å²) >= 11 is 1.48. The SMILES string of the molecule is CC1(C)Cc2c(sc(NC(=O)Cc3cccc4ccccc34)c2C(N)=O)C(C)(C)[NH2+]1. The molecule has 2 amide bonds. The number of hydrogen-bond acceptors (Lipinski definition) is 3. The molecule has 0 radical (unpaired) electrons. The third-order valence-corrected chi connectivity index (χ3v) is 7.19. The molecule has 0 aliphatic carbocycles. The quantitative estimate of drug-likeness (QED) is 0.602. The van der Waals surface area contributed by atoms with Gasteiger partial charge in [-0.15, -0.1) is 11.3 Å². The number of thiophene rings is 1. The van der Waals surface area contributed by atoms with Gasteiger partial charge in [0.2, 0.25) is 5.91 Å². The number of benzene rings is 2. The first kappa shape index (κ1) is 20.6. The average molecular weight is 423 g/mol. The Labute approximate surface area is 180 Å². The summed E-state index contributed by atoms with van der Waals surface area (Å²) in [5.74, 6) is -0.630. The minimum atomic E-state index is -0.485. The highest BCUT2D eigenvalue weighted by molar-refractivity contribution is 7.17. The topological polar surface area (TPSA) is 88.8 Å². The zero-order valence-electron chi connectivity index (χ0n) is 17.8. The second kappa shape index (κ2) is 7.22. The highest BCUT2D eigenvalue weighted by atomic mass is 32.1. The van der Waals surface area contributed by atoms with Gasteiger partial charge in [-0.2, -0.15) is 0 Å². The largest absolute Gasteiger partial charge is 0.365 e. The molecule has 5 N–H and O–H groups in total. The molecular weight excluding hydrogens is 394 g/mol. The highest BCUT2D eigenvalue weighted by Crippen LogP contribution is 2.42. The summed E-state index contributed by atoms with van der Waals surface area (Å²) in [6.45, 7) is 8.63. The second-order valence-electron chi connectivity index (χ2n) is 9.37. The van der Waals surface area contributed by atoms with Gasteiger partial charge in [-0.3, -0.25) is 9.59 Å². The van der Waals surface area contributed by atoms with Gasteiger partial charge < -0.3 is 16.4 Å². The van der Waals surface area contributed by atoms with Crippen molar-refractivity contribution in [1.82, 2.24) is 0 Å². The lowest BCUT2D eigenvalue weighted by atomic mass is 9.81. The molecule has 0 saturated carbocycles. The van der Waals surface area contributed by atoms with Crippen LogP contribution in [0.25, 0.3) is 10.8 Å². The standard InChI is InChI=1S/C24H27N3O2S/c1-23(2)13-17-19(21(25)29)22(30-20(17)24(3,4)27-23)26-18(28)12-15-10-7-9-14-8-5-6-11-16(14)15/h5-11,27H,12-13H2,1-4H3,(H2,25,29)(H,26,28)/p+1. The van der Waals surface area contributed by atoms with Gasteiger partial charge in [0.15, 0.2) is 0 Å². The zero-order valence-corrected chi connectivity index (χ0v) is 18.7. The van der Waals surface area contributed by atoms with Gasteiger partial charge in [0.1, 0.15) is 10.5 Å². The van der Waals surface area contributed by atoms with Crippen LogP contribution in [0.15, 0.2) is 42.5 Å². The van der Waals surface area contributed by atoms with Gasteiger partial charge in [0.05, 0.1) is 22.4 Å². The van der Waals surface area contributed by atoms with E-state index in [9.17, 15) is 9.59 Å². The summed E-state index contributed by atoms with van der Waals surface area (Å²) in [7, 11) is 0. The highest BCUT2D eigenvalue weighted by Gasteiger charge is 2.45. The van der Waals surface area contributed by atoms with Crippen LogP contribution in [0.1, 0.15) is 54.1 Å². The van der Waals surface area contributed by atoms with Crippen LogP contribution < -0.4 is 16.4 Å². The molecule has 0 spiro atoms. The van der Waals surface area contributed by atoms with Crippen molar-refractivity contribution in [2.24, 2.45) is 5.73 Å². The van der Waals surface area contributed by atoms with E-state index in [1.807, 2.05) is 42.5 Å². The smallest absolute Gasteiger partial charge is 0.252 e. The normalized spacial score (nSPS) is 16.8. The molecule has 0 bridgehead atoms. The van der Waals surface area contributed by atoms with E-state index in [4.69, 9.17) is 5.73 Å². The van der Waals surface area contributed by atoms with Gasteiger partial charge in [0, 0.05) is 6.42 Å². The van der Waals surface area contributed by atoms with E-state index in [0.717, 1.165) is 33.2 Å². The van der Waals surface area contributed by atoms with Crippen LogP contribution in [0.3, 0.4) is 0 Å². The van der Waals surface area contributed by atoms with Crippen molar-refractivity contribution < 1.29 is 14.9 Å². The molecule has 0 atom stereocenters. The summed E-state index contributed by atoms with van der Waals surface area (Å²) in [5.41, 5.74) is 7.94. The number of hydrogen-bond donors (Lipinski definition) is 3. The Bertz CT molecular complexity index is 1160. The third-order valence-electron chi connectivity index (χ3n) is 5.71. The van der Waals surface area contributed by atoms with E-state index in [1.54, 1.807) is 0 Å². The van der Waals surface area contributed by atoms with E-state index in [0.29, 0.717) is 10.6 Å². The number of quaternary nitrogens is 1. The first-order chi connectivity index (χ1) is 14.1. The molecular formula is C24H28N3O2S+. The summed E-state index contributed by atoms with van der Waals surface area (Å²) < 4.78 is 0. The van der Waals surface area contributed by atoms with Crippen LogP contribution in [0.5, 0.6) is 0 Å². The number of primary amides is 1. The first-order valence-corrected chi connectivity index (χ1v) is 11.0. The number of nitrogens with two attached hydrogens (primary N) is 2. The lowest BCUT2D eigenvalue weighted by molar-refractivity contribution is -0.789. The maximum Gasteiger partial charge on any atom is 0.252 e. The number of rotatable bonds is 4. The fourth-order valence-electron chi connectivity index (χ4n) is 4.84. The Balaban J connectivity index is 1.67. The van der Waals surface area contributed by atoms with Crippen molar-refractivity contribution in [1.29, 1.82) is 0 Å². The molecule has 6 heteroatoms. The van der Waals surface area contributed by atoms with Crippen LogP contribution in [-0.4, -0.2) is 17.4 Å². The van der Waals surface area contributed by atoms with Crippen LogP contribution in [0, 0.1) is 0 Å². The monoisotopic (exact) mass is 422 g/mol. The van der Waals surface area contributed by atoms with Gasteiger partial charge >= 0.3 is 0 Å². The number of anilines is 1. The fraction of sp³-hybridized carbons (Fsp3) is 0.333. The third kappa shape index (κ3) is 3.73. The maximum absolute atomic E-state index is 12.9. The molecule has 1 aliphatic heterocycles. The number of carbonyl (C=O) groups is 2. The Morgan fingerprint density at radius 2 is 1.80 bits per heavy atom. The number of carbonyl (C=O) groups excluding carboxylic acids is 2. The predicted molar refractivity (Wildman–Crippen MR) is 122 cm³/mol. The Hall–Kier alpha value is -2.70. The predicted octanol–water partition coefficient (Wildman–Crippen LogP) is 3.31. The Kier molecular flexibility index (Phi) is 4.95. The Morgan fingerprint density at radius 1 is 1.10 bits per heavy atom. The number of fused-ring (bicyclic) bond motifs is 2. The minimum Gasteiger partial charge on any atom is -0.365 e. The van der Waals surface area contributed by atoms with Crippen LogP contribution in [0.2, 0.25) is 0 Å². The van der Waals surface area contributed by atoms with Crippen molar-refractivity contribution in [3.8, 4) is 0 Å². The molecule has 0 saturated heterocycles. The van der Waals surface area contributed by atoms with Crippen LogP contribution >= 0.6 is 11.3 Å². The van der Waals surface area contributed by atoms with E-state index in [1.165, 1.54) is 11.3 Å². The zero-order chi connectivity index (χ0) is 21.7. The van der Waals surface area contributed by atoms with Crippen LogP contribution in [0.4, 0.5) is 5.00 Å². The summed E-state index contributed by atoms with van der Waals surface area (Å²) in [6, 6.07) is 14.0. The van der Waals surface area contributed by atoms with Crippen LogP contribution in [-0.2, 0) is 23.2 Å². The molecule has 156 valence electrons. The minimum absolute atomic E-state index is 0.0496. The molecule has 3 aromatic rings. The lowest BCUT2D eigenvalue weighted by Crippen LogP contribution is -3.03. The molecule has 0 unspecified atom stereocenters. The number of nitrogens with one attached hydrogen (secondary N) is 1. The van der Waals surface area contributed by atoms with Gasteiger partial charge in [-0.25, -0.2) is 0 Å². The van der Waals surface area contributed by atoms with E-state index >= 15 is 0 Å². The van der Waals surface area contributed by atoms with Crippen molar-refractivity contribution in [3.63, 3.8) is 0 Å². The maximum atomic E-state index is 12.9. The summed E-state index contributed by atoms with van der Waals surface area (Å²) in [6.07, 6.45) is 0.975. The summed E-state index contributed by atoms with van der Waals surface area (Å²) in [4.78, 5) is 26.4. The Morgan fingerprint density at radius 3 is 2.53 bits per heavy atom. The van der Waals surface area contributed by atoms with Crippen molar-refractivity contribution in [2.75, 3.05) is 5.32 Å². The molecule has 30 heavy (non-hydrogen) atoms. The first-order valence-electron chi connectivity index (χ1n) is 10.2. The van der Waals surface area contributed by atoms with Crippen molar-refractivity contribution in [3.05, 3.63) is 64.0 Å².